The van der Waals surface area contributed by atoms with Gasteiger partial charge in [-0.25, -0.2) is 0 Å². The summed E-state index contributed by atoms with van der Waals surface area (Å²) in [5.41, 5.74) is 0.937. The van der Waals surface area contributed by atoms with Crippen molar-refractivity contribution < 1.29 is 9.53 Å². The number of hydrogen-bond donors (Lipinski definition) is 1. The molecule has 3 heterocycles. The van der Waals surface area contributed by atoms with Crippen LogP contribution in [0.4, 0.5) is 0 Å². The molecule has 1 amide bonds. The first kappa shape index (κ1) is 15.3. The summed E-state index contributed by atoms with van der Waals surface area (Å²) in [7, 11) is 0. The fourth-order valence-corrected chi connectivity index (χ4v) is 3.45. The molecule has 6 heteroatoms. The van der Waals surface area contributed by atoms with Crippen LogP contribution in [-0.2, 0) is 4.74 Å². The lowest BCUT2D eigenvalue weighted by atomic mass is 10.2. The van der Waals surface area contributed by atoms with Gasteiger partial charge in [-0.05, 0) is 30.5 Å². The van der Waals surface area contributed by atoms with Gasteiger partial charge < -0.3 is 14.6 Å². The number of nitrogens with zero attached hydrogens (tertiary/aromatic N) is 2. The van der Waals surface area contributed by atoms with Gasteiger partial charge >= 0.3 is 0 Å². The van der Waals surface area contributed by atoms with Crippen LogP contribution in [0.25, 0.3) is 5.69 Å². The first-order chi connectivity index (χ1) is 10.8. The summed E-state index contributed by atoms with van der Waals surface area (Å²) in [6.07, 6.45) is 3.91. The van der Waals surface area contributed by atoms with Gasteiger partial charge in [-0.2, -0.15) is 0 Å². The number of aromatic nitrogens is 1. The highest BCUT2D eigenvalue weighted by Gasteiger charge is 2.19. The van der Waals surface area contributed by atoms with Crippen molar-refractivity contribution in [2.75, 3.05) is 32.8 Å². The molecule has 0 spiro atoms. The summed E-state index contributed by atoms with van der Waals surface area (Å²) in [4.78, 5) is 15.6. The maximum atomic E-state index is 12.5. The SMILES string of the molecule is C[C@@H](CNC(=O)c1sccc1-n1cccc1)N1CCOCC1. The number of thiophene rings is 1. The standard InChI is InChI=1S/C16H21N3O2S/c1-13(18-7-9-21-10-8-18)12-17-16(20)15-14(4-11-22-15)19-5-2-3-6-19/h2-6,11,13H,7-10,12H2,1H3,(H,17,20)/t13-/m0/s1. The Kier molecular flexibility index (Phi) is 4.92. The van der Waals surface area contributed by atoms with Crippen molar-refractivity contribution in [3.63, 3.8) is 0 Å². The molecular formula is C16H21N3O2S. The Morgan fingerprint density at radius 2 is 2.09 bits per heavy atom. The van der Waals surface area contributed by atoms with Crippen LogP contribution in [0.2, 0.25) is 0 Å². The smallest absolute Gasteiger partial charge is 0.263 e. The van der Waals surface area contributed by atoms with Crippen LogP contribution in [-0.4, -0.2) is 54.3 Å². The second-order valence-electron chi connectivity index (χ2n) is 5.43. The van der Waals surface area contributed by atoms with Gasteiger partial charge in [0, 0.05) is 38.1 Å². The van der Waals surface area contributed by atoms with Gasteiger partial charge in [0.25, 0.3) is 5.91 Å². The lowest BCUT2D eigenvalue weighted by molar-refractivity contribution is 0.0204. The molecule has 1 fully saturated rings. The Bertz CT molecular complexity index is 603. The minimum absolute atomic E-state index is 0.00110. The molecule has 0 aliphatic carbocycles. The summed E-state index contributed by atoms with van der Waals surface area (Å²) >= 11 is 1.48. The van der Waals surface area contributed by atoms with Crippen molar-refractivity contribution in [1.29, 1.82) is 0 Å². The van der Waals surface area contributed by atoms with Crippen molar-refractivity contribution in [3.05, 3.63) is 40.8 Å². The zero-order valence-corrected chi connectivity index (χ0v) is 13.5. The summed E-state index contributed by atoms with van der Waals surface area (Å²) in [5.74, 6) is -0.00110. The molecule has 3 rings (SSSR count). The minimum atomic E-state index is -0.00110. The molecule has 118 valence electrons. The maximum absolute atomic E-state index is 12.5. The fraction of sp³-hybridized carbons (Fsp3) is 0.438. The predicted octanol–water partition coefficient (Wildman–Crippen LogP) is 1.99. The number of nitrogens with one attached hydrogen (secondary N) is 1. The van der Waals surface area contributed by atoms with Gasteiger partial charge in [-0.15, -0.1) is 11.3 Å². The average Bonchev–Trinajstić information content (AvgIpc) is 3.23. The quantitative estimate of drug-likeness (QED) is 0.917. The lowest BCUT2D eigenvalue weighted by Crippen LogP contribution is -2.47. The first-order valence-electron chi connectivity index (χ1n) is 7.56. The molecule has 2 aromatic heterocycles. The van der Waals surface area contributed by atoms with Crippen molar-refractivity contribution in [2.45, 2.75) is 13.0 Å². The highest BCUT2D eigenvalue weighted by molar-refractivity contribution is 7.12. The zero-order chi connectivity index (χ0) is 15.4. The van der Waals surface area contributed by atoms with Crippen LogP contribution in [0.15, 0.2) is 36.0 Å². The third-order valence-electron chi connectivity index (χ3n) is 3.96. The molecule has 1 N–H and O–H groups in total. The maximum Gasteiger partial charge on any atom is 0.263 e. The third-order valence-corrected chi connectivity index (χ3v) is 4.86. The molecular weight excluding hydrogens is 298 g/mol. The van der Waals surface area contributed by atoms with Gasteiger partial charge in [0.15, 0.2) is 0 Å². The molecule has 0 bridgehead atoms. The van der Waals surface area contributed by atoms with Gasteiger partial charge in [-0.1, -0.05) is 0 Å². The van der Waals surface area contributed by atoms with Gasteiger partial charge in [0.1, 0.15) is 4.88 Å². The number of rotatable bonds is 5. The summed E-state index contributed by atoms with van der Waals surface area (Å²) < 4.78 is 7.33. The molecule has 0 unspecified atom stereocenters. The second kappa shape index (κ2) is 7.09. The summed E-state index contributed by atoms with van der Waals surface area (Å²) in [6.45, 7) is 6.23. The van der Waals surface area contributed by atoms with Crippen LogP contribution in [0, 0.1) is 0 Å². The van der Waals surface area contributed by atoms with E-state index in [4.69, 9.17) is 4.74 Å². The molecule has 1 aliphatic heterocycles. The van der Waals surface area contributed by atoms with Gasteiger partial charge in [0.05, 0.1) is 18.9 Å². The van der Waals surface area contributed by atoms with Crippen molar-refractivity contribution >= 4 is 17.2 Å². The van der Waals surface area contributed by atoms with Crippen molar-refractivity contribution in [3.8, 4) is 5.69 Å². The van der Waals surface area contributed by atoms with E-state index in [1.165, 1.54) is 11.3 Å². The van der Waals surface area contributed by atoms with Crippen LogP contribution in [0.5, 0.6) is 0 Å². The molecule has 0 radical (unpaired) electrons. The number of carbonyl (C=O) groups is 1. The molecule has 1 aliphatic rings. The molecule has 5 nitrogen and oxygen atoms in total. The largest absolute Gasteiger partial charge is 0.379 e. The van der Waals surface area contributed by atoms with E-state index in [2.05, 4.69) is 17.1 Å². The van der Waals surface area contributed by atoms with E-state index in [1.807, 2.05) is 40.5 Å². The number of ether oxygens (including phenoxy) is 1. The van der Waals surface area contributed by atoms with Crippen molar-refractivity contribution in [2.24, 2.45) is 0 Å². The highest BCUT2D eigenvalue weighted by atomic mass is 32.1. The Morgan fingerprint density at radius 3 is 2.82 bits per heavy atom. The van der Waals surface area contributed by atoms with E-state index < -0.39 is 0 Å². The molecule has 22 heavy (non-hydrogen) atoms. The van der Waals surface area contributed by atoms with Crippen LogP contribution in [0.1, 0.15) is 16.6 Å². The average molecular weight is 319 g/mol. The Balaban J connectivity index is 1.59. The number of amides is 1. The third kappa shape index (κ3) is 3.40. The topological polar surface area (TPSA) is 46.5 Å². The van der Waals surface area contributed by atoms with Crippen LogP contribution < -0.4 is 5.32 Å². The normalized spacial score (nSPS) is 17.3. The van der Waals surface area contributed by atoms with E-state index in [0.29, 0.717) is 12.6 Å². The molecule has 2 aromatic rings. The fourth-order valence-electron chi connectivity index (χ4n) is 2.64. The van der Waals surface area contributed by atoms with Gasteiger partial charge in [0.2, 0.25) is 0 Å². The van der Waals surface area contributed by atoms with Crippen LogP contribution in [0.3, 0.4) is 0 Å². The second-order valence-corrected chi connectivity index (χ2v) is 6.35. The first-order valence-corrected chi connectivity index (χ1v) is 8.44. The Hall–Kier alpha value is -1.63. The van der Waals surface area contributed by atoms with E-state index in [9.17, 15) is 4.79 Å². The lowest BCUT2D eigenvalue weighted by Gasteiger charge is -2.32. The monoisotopic (exact) mass is 319 g/mol. The van der Waals surface area contributed by atoms with Gasteiger partial charge in [-0.3, -0.25) is 9.69 Å². The Labute approximate surface area is 134 Å². The van der Waals surface area contributed by atoms with E-state index in [0.717, 1.165) is 36.9 Å². The predicted molar refractivity (Wildman–Crippen MR) is 87.8 cm³/mol. The molecule has 1 atom stereocenters. The number of hydrogen-bond acceptors (Lipinski definition) is 4. The van der Waals surface area contributed by atoms with E-state index in [-0.39, 0.29) is 5.91 Å². The van der Waals surface area contributed by atoms with Crippen LogP contribution >= 0.6 is 11.3 Å². The number of morpholine rings is 1. The summed E-state index contributed by atoms with van der Waals surface area (Å²) in [6, 6.07) is 6.22. The molecule has 0 aromatic carbocycles. The highest BCUT2D eigenvalue weighted by Crippen LogP contribution is 2.21. The Morgan fingerprint density at radius 1 is 1.36 bits per heavy atom. The van der Waals surface area contributed by atoms with Crippen molar-refractivity contribution in [1.82, 2.24) is 14.8 Å². The minimum Gasteiger partial charge on any atom is -0.379 e. The van der Waals surface area contributed by atoms with E-state index >= 15 is 0 Å². The number of carbonyl (C=O) groups excluding carboxylic acids is 1. The summed E-state index contributed by atoms with van der Waals surface area (Å²) in [5, 5.41) is 5.01. The van der Waals surface area contributed by atoms with E-state index in [1.54, 1.807) is 0 Å². The molecule has 0 saturated carbocycles. The molecule has 1 saturated heterocycles. The zero-order valence-electron chi connectivity index (χ0n) is 12.7.